The van der Waals surface area contributed by atoms with Gasteiger partial charge in [-0.15, -0.1) is 0 Å². The maximum atomic E-state index is 12.5. The van der Waals surface area contributed by atoms with Crippen LogP contribution in [-0.4, -0.2) is 17.4 Å². The molecule has 0 aliphatic heterocycles. The highest BCUT2D eigenvalue weighted by Crippen LogP contribution is 2.29. The maximum absolute atomic E-state index is 12.5. The van der Waals surface area contributed by atoms with Gasteiger partial charge in [0.1, 0.15) is 0 Å². The average molecular weight is 323 g/mol. The number of anilines is 2. The van der Waals surface area contributed by atoms with Crippen molar-refractivity contribution in [1.82, 2.24) is 4.98 Å². The Bertz CT molecular complexity index is 669. The highest BCUT2D eigenvalue weighted by atomic mass is 19.4. The van der Waals surface area contributed by atoms with E-state index >= 15 is 0 Å². The fourth-order valence-corrected chi connectivity index (χ4v) is 1.88. The van der Waals surface area contributed by atoms with Gasteiger partial charge in [0.05, 0.1) is 16.8 Å². The van der Waals surface area contributed by atoms with Crippen LogP contribution in [0.2, 0.25) is 0 Å². The minimum absolute atomic E-state index is 0.287. The van der Waals surface area contributed by atoms with E-state index in [2.05, 4.69) is 15.6 Å². The highest BCUT2D eigenvalue weighted by Gasteiger charge is 2.29. The van der Waals surface area contributed by atoms with Crippen molar-refractivity contribution in [3.05, 3.63) is 53.9 Å². The standard InChI is InChI=1S/C16H16F3N3O/c1-2-7-21-14-8-11(9-20-10-14)15(23)22-13-5-3-12(4-6-13)16(17,18)19/h3-6,8-10,21H,2,7H2,1H3,(H,22,23). The van der Waals surface area contributed by atoms with Crippen molar-refractivity contribution in [3.8, 4) is 0 Å². The van der Waals surface area contributed by atoms with Gasteiger partial charge in [0.15, 0.2) is 0 Å². The van der Waals surface area contributed by atoms with Crippen LogP contribution in [0.4, 0.5) is 24.5 Å². The van der Waals surface area contributed by atoms with Gasteiger partial charge in [-0.3, -0.25) is 9.78 Å². The van der Waals surface area contributed by atoms with Crippen molar-refractivity contribution in [3.63, 3.8) is 0 Å². The summed E-state index contributed by atoms with van der Waals surface area (Å²) in [5, 5.41) is 5.66. The number of nitrogens with one attached hydrogen (secondary N) is 2. The van der Waals surface area contributed by atoms with Gasteiger partial charge in [-0.1, -0.05) is 6.92 Å². The van der Waals surface area contributed by atoms with E-state index in [1.807, 2.05) is 6.92 Å². The molecule has 1 amide bonds. The summed E-state index contributed by atoms with van der Waals surface area (Å²) < 4.78 is 37.5. The molecule has 2 aromatic rings. The lowest BCUT2D eigenvalue weighted by Gasteiger charge is -2.09. The number of carbonyl (C=O) groups excluding carboxylic acids is 1. The first kappa shape index (κ1) is 16.8. The molecule has 1 aromatic carbocycles. The maximum Gasteiger partial charge on any atom is 0.416 e. The smallest absolute Gasteiger partial charge is 0.384 e. The first-order chi connectivity index (χ1) is 10.9. The molecule has 122 valence electrons. The summed E-state index contributed by atoms with van der Waals surface area (Å²) in [4.78, 5) is 16.1. The molecule has 7 heteroatoms. The second kappa shape index (κ2) is 7.13. The molecule has 0 unspecified atom stereocenters. The number of nitrogens with zero attached hydrogens (tertiary/aromatic N) is 1. The largest absolute Gasteiger partial charge is 0.416 e. The summed E-state index contributed by atoms with van der Waals surface area (Å²) in [6.45, 7) is 2.77. The van der Waals surface area contributed by atoms with E-state index in [0.717, 1.165) is 25.1 Å². The zero-order chi connectivity index (χ0) is 16.9. The molecule has 0 radical (unpaired) electrons. The molecule has 0 atom stereocenters. The summed E-state index contributed by atoms with van der Waals surface area (Å²) >= 11 is 0. The third kappa shape index (κ3) is 4.70. The lowest BCUT2D eigenvalue weighted by atomic mass is 10.2. The minimum Gasteiger partial charge on any atom is -0.384 e. The third-order valence-electron chi connectivity index (χ3n) is 3.05. The molecule has 0 aliphatic rings. The molecule has 23 heavy (non-hydrogen) atoms. The van der Waals surface area contributed by atoms with E-state index in [1.165, 1.54) is 18.3 Å². The quantitative estimate of drug-likeness (QED) is 0.868. The fraction of sp³-hybridized carbons (Fsp3) is 0.250. The monoisotopic (exact) mass is 323 g/mol. The predicted molar refractivity (Wildman–Crippen MR) is 82.4 cm³/mol. The van der Waals surface area contributed by atoms with Crippen LogP contribution in [0.1, 0.15) is 29.3 Å². The van der Waals surface area contributed by atoms with Gasteiger partial charge in [0, 0.05) is 24.6 Å². The van der Waals surface area contributed by atoms with Crippen LogP contribution in [0.5, 0.6) is 0 Å². The molecule has 0 aliphatic carbocycles. The van der Waals surface area contributed by atoms with Crippen molar-refractivity contribution in [1.29, 1.82) is 0 Å². The molecule has 0 bridgehead atoms. The van der Waals surface area contributed by atoms with Crippen LogP contribution < -0.4 is 10.6 Å². The number of rotatable bonds is 5. The Labute approximate surface area is 131 Å². The molecule has 0 saturated heterocycles. The van der Waals surface area contributed by atoms with E-state index in [0.29, 0.717) is 11.3 Å². The number of amides is 1. The molecule has 1 heterocycles. The summed E-state index contributed by atoms with van der Waals surface area (Å²) in [5.74, 6) is -0.433. The summed E-state index contributed by atoms with van der Waals surface area (Å²) in [6.07, 6.45) is -0.463. The van der Waals surface area contributed by atoms with E-state index in [9.17, 15) is 18.0 Å². The van der Waals surface area contributed by atoms with Crippen LogP contribution >= 0.6 is 0 Å². The second-order valence-corrected chi connectivity index (χ2v) is 4.92. The van der Waals surface area contributed by atoms with Crippen molar-refractivity contribution < 1.29 is 18.0 Å². The first-order valence-corrected chi connectivity index (χ1v) is 7.07. The molecular weight excluding hydrogens is 307 g/mol. The molecular formula is C16H16F3N3O. The van der Waals surface area contributed by atoms with Gasteiger partial charge in [0.25, 0.3) is 5.91 Å². The second-order valence-electron chi connectivity index (χ2n) is 4.92. The molecule has 0 spiro atoms. The van der Waals surface area contributed by atoms with Crippen LogP contribution in [0.3, 0.4) is 0 Å². The summed E-state index contributed by atoms with van der Waals surface area (Å²) in [7, 11) is 0. The van der Waals surface area contributed by atoms with Crippen LogP contribution in [-0.2, 0) is 6.18 Å². The Morgan fingerprint density at radius 1 is 1.13 bits per heavy atom. The van der Waals surface area contributed by atoms with E-state index < -0.39 is 17.6 Å². The number of aromatic nitrogens is 1. The third-order valence-corrected chi connectivity index (χ3v) is 3.05. The Kier molecular flexibility index (Phi) is 5.20. The van der Waals surface area contributed by atoms with Crippen molar-refractivity contribution in [2.75, 3.05) is 17.2 Å². The Morgan fingerprint density at radius 3 is 2.43 bits per heavy atom. The lowest BCUT2D eigenvalue weighted by molar-refractivity contribution is -0.137. The predicted octanol–water partition coefficient (Wildman–Crippen LogP) is 4.17. The average Bonchev–Trinajstić information content (AvgIpc) is 2.53. The summed E-state index contributed by atoms with van der Waals surface area (Å²) in [6, 6.07) is 5.92. The molecule has 2 N–H and O–H groups in total. The molecule has 1 aromatic heterocycles. The van der Waals surface area contributed by atoms with Gasteiger partial charge in [-0.05, 0) is 36.8 Å². The van der Waals surface area contributed by atoms with Crippen LogP contribution in [0.25, 0.3) is 0 Å². The fourth-order valence-electron chi connectivity index (χ4n) is 1.88. The molecule has 4 nitrogen and oxygen atoms in total. The number of hydrogen-bond donors (Lipinski definition) is 2. The molecule has 0 fully saturated rings. The van der Waals surface area contributed by atoms with E-state index in [-0.39, 0.29) is 5.69 Å². The van der Waals surface area contributed by atoms with Gasteiger partial charge in [0.2, 0.25) is 0 Å². The van der Waals surface area contributed by atoms with Crippen molar-refractivity contribution in [2.24, 2.45) is 0 Å². The number of alkyl halides is 3. The zero-order valence-electron chi connectivity index (χ0n) is 12.4. The molecule has 2 rings (SSSR count). The Balaban J connectivity index is 2.07. The van der Waals surface area contributed by atoms with Crippen LogP contribution in [0.15, 0.2) is 42.7 Å². The van der Waals surface area contributed by atoms with Gasteiger partial charge >= 0.3 is 6.18 Å². The molecule has 0 saturated carbocycles. The minimum atomic E-state index is -4.40. The number of hydrogen-bond acceptors (Lipinski definition) is 3. The van der Waals surface area contributed by atoms with Crippen LogP contribution in [0, 0.1) is 0 Å². The number of benzene rings is 1. The summed E-state index contributed by atoms with van der Waals surface area (Å²) in [5.41, 5.74) is 0.566. The van der Waals surface area contributed by atoms with Crippen molar-refractivity contribution in [2.45, 2.75) is 19.5 Å². The number of halogens is 3. The normalized spacial score (nSPS) is 11.1. The highest BCUT2D eigenvalue weighted by molar-refractivity contribution is 6.04. The lowest BCUT2D eigenvalue weighted by Crippen LogP contribution is -2.13. The number of carbonyl (C=O) groups is 1. The Morgan fingerprint density at radius 2 is 1.83 bits per heavy atom. The Hall–Kier alpha value is -2.57. The van der Waals surface area contributed by atoms with Crippen molar-refractivity contribution >= 4 is 17.3 Å². The van der Waals surface area contributed by atoms with Gasteiger partial charge in [-0.2, -0.15) is 13.2 Å². The van der Waals surface area contributed by atoms with Gasteiger partial charge in [-0.25, -0.2) is 0 Å². The van der Waals surface area contributed by atoms with E-state index in [1.54, 1.807) is 12.3 Å². The van der Waals surface area contributed by atoms with Gasteiger partial charge < -0.3 is 10.6 Å². The first-order valence-electron chi connectivity index (χ1n) is 7.07. The van der Waals surface area contributed by atoms with E-state index in [4.69, 9.17) is 0 Å². The zero-order valence-corrected chi connectivity index (χ0v) is 12.4. The SMILES string of the molecule is CCCNc1cncc(C(=O)Nc2ccc(C(F)(F)F)cc2)c1. The topological polar surface area (TPSA) is 54.0 Å². The number of pyridine rings is 1.